The fourth-order valence-electron chi connectivity index (χ4n) is 6.88. The smallest absolute Gasteiger partial charge is 0.314 e. The van der Waals surface area contributed by atoms with E-state index in [0.29, 0.717) is 79.7 Å². The standard InChI is InChI=1S/C22H25F2N5O4S.C21H28N4O4S/c23-20(24)22-27-26-21(33-22)17-7-8-18(25-15-17)16-29(19-5-2-1-3-6-19)34(30,31)14-4-9-28-10-12-32-13-11-28;22-15-21(26)18-7-8-19(23-16-18)17-25(20-5-2-1-3-6-20)30(27,28)14-4-9-24-10-12-29-13-11-24/h1-3,5-8,15,20H,4,9-14,16H2;1-3,5-8,16H,4,9-15,17,22H2. The molecule has 5 aromatic rings. The summed E-state index contributed by atoms with van der Waals surface area (Å²) in [6, 6.07) is 24.3. The monoisotopic (exact) mass is 925 g/mol. The number of ether oxygens (including phenoxy) is 2. The fraction of sp³-hybridized carbons (Fsp3) is 0.419. The molecular formula is C43H53F2N9O8S2. The SMILES string of the molecule is NCC(=O)c1ccc(CN(c2ccccc2)S(=O)(=O)CCCN2CCOCC2)nc1.O=S(=O)(CCCN1CCOCC1)N(Cc1ccc(-c2nnc(C(F)F)o2)cn1)c1ccccc1. The summed E-state index contributed by atoms with van der Waals surface area (Å²) < 4.78 is 96.7. The molecule has 64 heavy (non-hydrogen) atoms. The van der Waals surface area contributed by atoms with Crippen molar-refractivity contribution in [1.82, 2.24) is 30.0 Å². The number of Topliss-reactive ketones (excluding diaryl/α,β-unsaturated/α-hetero) is 1. The molecule has 2 aliphatic rings. The van der Waals surface area contributed by atoms with Crippen molar-refractivity contribution in [2.75, 3.05) is 92.4 Å². The van der Waals surface area contributed by atoms with E-state index < -0.39 is 32.4 Å². The number of halogens is 2. The zero-order valence-corrected chi connectivity index (χ0v) is 37.0. The van der Waals surface area contributed by atoms with E-state index in [1.54, 1.807) is 60.7 Å². The van der Waals surface area contributed by atoms with E-state index in [1.165, 1.54) is 21.0 Å². The number of pyridine rings is 2. The van der Waals surface area contributed by atoms with Crippen molar-refractivity contribution in [2.45, 2.75) is 32.4 Å². The van der Waals surface area contributed by atoms with Crippen LogP contribution in [0.15, 0.2) is 102 Å². The van der Waals surface area contributed by atoms with Crippen LogP contribution in [0.4, 0.5) is 20.2 Å². The Hall–Kier alpha value is -5.29. The Labute approximate surface area is 372 Å². The molecule has 21 heteroatoms. The molecule has 2 N–H and O–H groups in total. The third kappa shape index (κ3) is 14.1. The largest absolute Gasteiger partial charge is 0.415 e. The van der Waals surface area contributed by atoms with Crippen molar-refractivity contribution >= 4 is 37.2 Å². The first-order valence-electron chi connectivity index (χ1n) is 20.9. The lowest BCUT2D eigenvalue weighted by molar-refractivity contribution is 0.0380. The van der Waals surface area contributed by atoms with Crippen LogP contribution >= 0.6 is 0 Å². The number of para-hydroxylation sites is 2. The average molecular weight is 926 g/mol. The minimum atomic E-state index is -3.63. The van der Waals surface area contributed by atoms with Gasteiger partial charge in [-0.25, -0.2) is 16.8 Å². The van der Waals surface area contributed by atoms with Crippen LogP contribution in [0.25, 0.3) is 11.5 Å². The number of hydrogen-bond acceptors (Lipinski definition) is 15. The van der Waals surface area contributed by atoms with Crippen LogP contribution in [0.3, 0.4) is 0 Å². The number of rotatable bonds is 20. The normalized spacial score (nSPS) is 15.1. The predicted molar refractivity (Wildman–Crippen MR) is 237 cm³/mol. The second kappa shape index (κ2) is 23.6. The average Bonchev–Trinajstić information content (AvgIpc) is 3.83. The number of sulfonamides is 2. The molecule has 2 aromatic carbocycles. The molecule has 0 aliphatic carbocycles. The van der Waals surface area contributed by atoms with Crippen LogP contribution in [0.2, 0.25) is 0 Å². The van der Waals surface area contributed by atoms with Crippen LogP contribution in [0, 0.1) is 0 Å². The first-order chi connectivity index (χ1) is 30.9. The zero-order valence-electron chi connectivity index (χ0n) is 35.3. The maximum atomic E-state index is 13.3. The fourth-order valence-corrected chi connectivity index (χ4v) is 9.85. The highest BCUT2D eigenvalue weighted by Gasteiger charge is 2.26. The van der Waals surface area contributed by atoms with Gasteiger partial charge in [-0.05, 0) is 74.5 Å². The number of carbonyl (C=O) groups excluding carboxylic acids is 1. The molecule has 2 saturated heterocycles. The summed E-state index contributed by atoms with van der Waals surface area (Å²) in [5, 5.41) is 6.91. The quantitative estimate of drug-likeness (QED) is 0.107. The minimum Gasteiger partial charge on any atom is -0.415 e. The number of aromatic nitrogens is 4. The summed E-state index contributed by atoms with van der Waals surface area (Å²) in [5.41, 5.74) is 8.34. The first kappa shape index (κ1) is 48.2. The number of nitrogens with zero attached hydrogens (tertiary/aromatic N) is 8. The molecule has 5 heterocycles. The molecule has 0 atom stereocenters. The molecule has 7 rings (SSSR count). The van der Waals surface area contributed by atoms with Gasteiger partial charge in [0.05, 0.1) is 85.9 Å². The van der Waals surface area contributed by atoms with Gasteiger partial charge in [0.1, 0.15) is 0 Å². The lowest BCUT2D eigenvalue weighted by atomic mass is 10.2. The maximum Gasteiger partial charge on any atom is 0.314 e. The molecule has 0 unspecified atom stereocenters. The first-order valence-corrected chi connectivity index (χ1v) is 24.1. The van der Waals surface area contributed by atoms with Gasteiger partial charge in [0.2, 0.25) is 25.9 Å². The Morgan fingerprint density at radius 3 is 1.56 bits per heavy atom. The number of ketones is 1. The van der Waals surface area contributed by atoms with E-state index in [1.807, 2.05) is 24.3 Å². The number of benzene rings is 2. The van der Waals surface area contributed by atoms with Gasteiger partial charge < -0.3 is 19.6 Å². The Balaban J connectivity index is 0.000000214. The third-order valence-corrected chi connectivity index (χ3v) is 14.0. The van der Waals surface area contributed by atoms with E-state index in [9.17, 15) is 30.4 Å². The molecule has 2 aliphatic heterocycles. The summed E-state index contributed by atoms with van der Waals surface area (Å²) >= 11 is 0. The highest BCUT2D eigenvalue weighted by atomic mass is 32.2. The van der Waals surface area contributed by atoms with Gasteiger partial charge in [0.15, 0.2) is 5.78 Å². The third-order valence-electron chi connectivity index (χ3n) is 10.4. The van der Waals surface area contributed by atoms with Crippen LogP contribution < -0.4 is 14.3 Å². The molecule has 0 saturated carbocycles. The summed E-state index contributed by atoms with van der Waals surface area (Å²) in [6.07, 6.45) is 1.02. The van der Waals surface area contributed by atoms with Crippen molar-refractivity contribution in [3.63, 3.8) is 0 Å². The van der Waals surface area contributed by atoms with E-state index in [-0.39, 0.29) is 42.8 Å². The van der Waals surface area contributed by atoms with Gasteiger partial charge in [-0.3, -0.25) is 33.2 Å². The molecule has 0 amide bonds. The molecule has 17 nitrogen and oxygen atoms in total. The second-order valence-electron chi connectivity index (χ2n) is 14.9. The topological polar surface area (TPSA) is 207 Å². The predicted octanol–water partition coefficient (Wildman–Crippen LogP) is 4.41. The molecule has 2 fully saturated rings. The number of carbonyl (C=O) groups is 1. The Morgan fingerprint density at radius 2 is 1.16 bits per heavy atom. The zero-order chi connectivity index (χ0) is 45.4. The lowest BCUT2D eigenvalue weighted by Gasteiger charge is -2.28. The highest BCUT2D eigenvalue weighted by Crippen LogP contribution is 2.26. The number of anilines is 2. The van der Waals surface area contributed by atoms with Crippen molar-refractivity contribution in [3.8, 4) is 11.5 Å². The van der Waals surface area contributed by atoms with Gasteiger partial charge >= 0.3 is 6.43 Å². The summed E-state index contributed by atoms with van der Waals surface area (Å²) in [5.74, 6) is -1.01. The van der Waals surface area contributed by atoms with Crippen molar-refractivity contribution in [2.24, 2.45) is 5.73 Å². The highest BCUT2D eigenvalue weighted by molar-refractivity contribution is 7.93. The molecular weight excluding hydrogens is 873 g/mol. The lowest BCUT2D eigenvalue weighted by Crippen LogP contribution is -2.38. The maximum absolute atomic E-state index is 13.3. The Bertz CT molecular complexity index is 2410. The second-order valence-corrected chi connectivity index (χ2v) is 18.9. The van der Waals surface area contributed by atoms with Crippen molar-refractivity contribution < 1.29 is 44.3 Å². The van der Waals surface area contributed by atoms with E-state index in [4.69, 9.17) is 19.6 Å². The van der Waals surface area contributed by atoms with Gasteiger partial charge in [-0.1, -0.05) is 36.4 Å². The molecule has 0 bridgehead atoms. The van der Waals surface area contributed by atoms with Gasteiger partial charge in [0.25, 0.3) is 5.89 Å². The van der Waals surface area contributed by atoms with E-state index >= 15 is 0 Å². The van der Waals surface area contributed by atoms with Crippen LogP contribution in [0.1, 0.15) is 46.9 Å². The summed E-state index contributed by atoms with van der Waals surface area (Å²) in [6.45, 7) is 7.42. The van der Waals surface area contributed by atoms with Crippen LogP contribution in [-0.4, -0.2) is 136 Å². The molecule has 344 valence electrons. The van der Waals surface area contributed by atoms with Gasteiger partial charge in [0, 0.05) is 44.1 Å². The van der Waals surface area contributed by atoms with Crippen molar-refractivity contribution in [3.05, 3.63) is 120 Å². The van der Waals surface area contributed by atoms with E-state index in [0.717, 1.165) is 32.7 Å². The van der Waals surface area contributed by atoms with Crippen LogP contribution in [-0.2, 0) is 42.6 Å². The summed E-state index contributed by atoms with van der Waals surface area (Å²) in [7, 11) is -7.19. The van der Waals surface area contributed by atoms with Crippen LogP contribution in [0.5, 0.6) is 0 Å². The number of morpholine rings is 2. The Kier molecular flexibility index (Phi) is 17.8. The van der Waals surface area contributed by atoms with Gasteiger partial charge in [-0.15, -0.1) is 10.2 Å². The molecule has 0 radical (unpaired) electrons. The van der Waals surface area contributed by atoms with E-state index in [2.05, 4.69) is 30.0 Å². The number of hydrogen-bond donors (Lipinski definition) is 1. The molecule has 3 aromatic heterocycles. The Morgan fingerprint density at radius 1 is 0.672 bits per heavy atom. The summed E-state index contributed by atoms with van der Waals surface area (Å²) in [4.78, 5) is 24.7. The molecule has 0 spiro atoms. The van der Waals surface area contributed by atoms with Gasteiger partial charge in [-0.2, -0.15) is 8.78 Å². The number of nitrogens with two attached hydrogens (primary N) is 1. The number of alkyl halides is 2. The van der Waals surface area contributed by atoms with Crippen molar-refractivity contribution in [1.29, 1.82) is 0 Å². The minimum absolute atomic E-state index is 0.00424.